The van der Waals surface area contributed by atoms with Gasteiger partial charge < -0.3 is 11.1 Å². The van der Waals surface area contributed by atoms with Crippen LogP contribution in [-0.2, 0) is 6.54 Å². The molecule has 16 heavy (non-hydrogen) atoms. The van der Waals surface area contributed by atoms with Crippen LogP contribution in [0.3, 0.4) is 0 Å². The number of anilines is 2. The molecule has 6 nitrogen and oxygen atoms in total. The summed E-state index contributed by atoms with van der Waals surface area (Å²) in [5.74, 6) is 1.14. The van der Waals surface area contributed by atoms with E-state index >= 15 is 0 Å². The summed E-state index contributed by atoms with van der Waals surface area (Å²) in [6.45, 7) is 1.70. The maximum absolute atomic E-state index is 5.51. The third kappa shape index (κ3) is 2.94. The number of hydrogen-bond donors (Lipinski definition) is 2. The van der Waals surface area contributed by atoms with Crippen LogP contribution in [0, 0.1) is 0 Å². The monoisotopic (exact) mass is 218 g/mol. The lowest BCUT2D eigenvalue weighted by atomic mass is 10.4. The predicted octanol–water partition coefficient (Wildman–Crippen LogP) is 0.757. The number of rotatable bonds is 5. The number of nitrogens with zero attached hydrogens (tertiary/aromatic N) is 4. The summed E-state index contributed by atoms with van der Waals surface area (Å²) in [6, 6.07) is 1.91. The zero-order chi connectivity index (χ0) is 11.2. The van der Waals surface area contributed by atoms with Gasteiger partial charge in [0.25, 0.3) is 0 Å². The molecule has 0 aliphatic carbocycles. The van der Waals surface area contributed by atoms with Crippen LogP contribution in [0.1, 0.15) is 6.42 Å². The molecule has 0 aromatic carbocycles. The minimum atomic E-state index is 0.428. The minimum absolute atomic E-state index is 0.428. The largest absolute Gasteiger partial charge is 0.382 e. The van der Waals surface area contributed by atoms with Gasteiger partial charge in [0.15, 0.2) is 0 Å². The summed E-state index contributed by atoms with van der Waals surface area (Å²) < 4.78 is 1.90. The van der Waals surface area contributed by atoms with E-state index in [1.54, 1.807) is 12.4 Å². The third-order valence-electron chi connectivity index (χ3n) is 2.08. The first kappa shape index (κ1) is 10.4. The summed E-state index contributed by atoms with van der Waals surface area (Å²) in [5, 5.41) is 7.27. The van der Waals surface area contributed by atoms with Crippen LogP contribution in [0.15, 0.2) is 30.9 Å². The summed E-state index contributed by atoms with van der Waals surface area (Å²) >= 11 is 0. The van der Waals surface area contributed by atoms with Crippen molar-refractivity contribution in [1.82, 2.24) is 19.7 Å². The molecule has 0 saturated heterocycles. The second-order valence-corrected chi connectivity index (χ2v) is 3.38. The molecule has 0 fully saturated rings. The minimum Gasteiger partial charge on any atom is -0.382 e. The molecule has 3 N–H and O–H groups in total. The Labute approximate surface area is 93.5 Å². The highest BCUT2D eigenvalue weighted by molar-refractivity contribution is 5.37. The zero-order valence-electron chi connectivity index (χ0n) is 8.87. The highest BCUT2D eigenvalue weighted by Gasteiger charge is 1.95. The lowest BCUT2D eigenvalue weighted by molar-refractivity contribution is 0.591. The van der Waals surface area contributed by atoms with E-state index < -0.39 is 0 Å². The van der Waals surface area contributed by atoms with E-state index in [1.807, 2.05) is 16.9 Å². The standard InChI is InChI=1S/C10H14N6/c11-9-7-12-8-10(15-9)13-3-1-5-16-6-2-4-14-16/h2,4,6-8H,1,3,5H2,(H3,11,13,15). The average Bonchev–Trinajstić information content (AvgIpc) is 2.77. The number of aromatic nitrogens is 4. The summed E-state index contributed by atoms with van der Waals surface area (Å²) in [4.78, 5) is 8.03. The Morgan fingerprint density at radius 2 is 2.31 bits per heavy atom. The fraction of sp³-hybridized carbons (Fsp3) is 0.300. The molecule has 2 aromatic rings. The van der Waals surface area contributed by atoms with E-state index in [9.17, 15) is 0 Å². The van der Waals surface area contributed by atoms with Crippen molar-refractivity contribution < 1.29 is 0 Å². The van der Waals surface area contributed by atoms with Gasteiger partial charge in [0.2, 0.25) is 0 Å². The molecule has 0 aliphatic rings. The van der Waals surface area contributed by atoms with Crippen molar-refractivity contribution in [2.75, 3.05) is 17.6 Å². The zero-order valence-corrected chi connectivity index (χ0v) is 8.87. The topological polar surface area (TPSA) is 81.6 Å². The number of nitrogens with two attached hydrogens (primary N) is 1. The van der Waals surface area contributed by atoms with E-state index in [2.05, 4.69) is 20.4 Å². The Morgan fingerprint density at radius 1 is 1.38 bits per heavy atom. The molecule has 0 amide bonds. The molecular formula is C10H14N6. The van der Waals surface area contributed by atoms with E-state index in [-0.39, 0.29) is 0 Å². The number of nitrogens with one attached hydrogen (secondary N) is 1. The van der Waals surface area contributed by atoms with Gasteiger partial charge in [0.1, 0.15) is 11.6 Å². The van der Waals surface area contributed by atoms with E-state index in [1.165, 1.54) is 6.20 Å². The molecule has 0 saturated carbocycles. The second kappa shape index (κ2) is 5.11. The highest BCUT2D eigenvalue weighted by Crippen LogP contribution is 2.02. The van der Waals surface area contributed by atoms with Gasteiger partial charge in [0, 0.05) is 25.5 Å². The van der Waals surface area contributed by atoms with Crippen molar-refractivity contribution >= 4 is 11.6 Å². The smallest absolute Gasteiger partial charge is 0.146 e. The fourth-order valence-electron chi connectivity index (χ4n) is 1.36. The van der Waals surface area contributed by atoms with Gasteiger partial charge in [-0.05, 0) is 12.5 Å². The molecule has 6 heteroatoms. The van der Waals surface area contributed by atoms with Crippen LogP contribution in [0.25, 0.3) is 0 Å². The van der Waals surface area contributed by atoms with Crippen LogP contribution in [0.2, 0.25) is 0 Å². The molecule has 2 aromatic heterocycles. The van der Waals surface area contributed by atoms with Crippen molar-refractivity contribution in [3.8, 4) is 0 Å². The second-order valence-electron chi connectivity index (χ2n) is 3.38. The fourth-order valence-corrected chi connectivity index (χ4v) is 1.36. The van der Waals surface area contributed by atoms with E-state index in [0.29, 0.717) is 11.6 Å². The van der Waals surface area contributed by atoms with Gasteiger partial charge in [0.05, 0.1) is 12.4 Å². The van der Waals surface area contributed by atoms with Gasteiger partial charge in [-0.3, -0.25) is 9.67 Å². The Bertz CT molecular complexity index is 425. The van der Waals surface area contributed by atoms with Crippen LogP contribution in [-0.4, -0.2) is 26.3 Å². The van der Waals surface area contributed by atoms with E-state index in [0.717, 1.165) is 19.5 Å². The Morgan fingerprint density at radius 3 is 3.06 bits per heavy atom. The maximum atomic E-state index is 5.51. The molecule has 2 rings (SSSR count). The van der Waals surface area contributed by atoms with Crippen molar-refractivity contribution in [2.45, 2.75) is 13.0 Å². The van der Waals surface area contributed by atoms with Gasteiger partial charge in [-0.15, -0.1) is 0 Å². The normalized spacial score (nSPS) is 10.2. The molecule has 0 spiro atoms. The number of aryl methyl sites for hydroxylation is 1. The average molecular weight is 218 g/mol. The van der Waals surface area contributed by atoms with Gasteiger partial charge in [-0.2, -0.15) is 5.10 Å². The van der Waals surface area contributed by atoms with E-state index in [4.69, 9.17) is 5.73 Å². The molecule has 0 radical (unpaired) electrons. The van der Waals surface area contributed by atoms with Crippen LogP contribution < -0.4 is 11.1 Å². The quantitative estimate of drug-likeness (QED) is 0.724. The van der Waals surface area contributed by atoms with Crippen molar-refractivity contribution in [3.63, 3.8) is 0 Å². The number of nitrogen functional groups attached to an aromatic ring is 1. The molecule has 2 heterocycles. The number of hydrogen-bond acceptors (Lipinski definition) is 5. The first-order valence-corrected chi connectivity index (χ1v) is 5.13. The van der Waals surface area contributed by atoms with Crippen molar-refractivity contribution in [3.05, 3.63) is 30.9 Å². The Kier molecular flexibility index (Phi) is 3.32. The van der Waals surface area contributed by atoms with Crippen LogP contribution in [0.5, 0.6) is 0 Å². The van der Waals surface area contributed by atoms with Crippen molar-refractivity contribution in [2.24, 2.45) is 0 Å². The Hall–Kier alpha value is -2.11. The molecule has 0 bridgehead atoms. The van der Waals surface area contributed by atoms with Gasteiger partial charge in [-0.25, -0.2) is 4.98 Å². The lowest BCUT2D eigenvalue weighted by Crippen LogP contribution is -2.08. The summed E-state index contributed by atoms with van der Waals surface area (Å²) in [6.07, 6.45) is 7.87. The highest BCUT2D eigenvalue weighted by atomic mass is 15.3. The van der Waals surface area contributed by atoms with Crippen molar-refractivity contribution in [1.29, 1.82) is 0 Å². The first-order chi connectivity index (χ1) is 7.84. The molecule has 0 atom stereocenters. The summed E-state index contributed by atoms with van der Waals surface area (Å²) in [5.41, 5.74) is 5.51. The van der Waals surface area contributed by atoms with Gasteiger partial charge in [-0.1, -0.05) is 0 Å². The lowest BCUT2D eigenvalue weighted by Gasteiger charge is -2.05. The van der Waals surface area contributed by atoms with Crippen LogP contribution in [0.4, 0.5) is 11.6 Å². The molecule has 0 unspecified atom stereocenters. The predicted molar refractivity (Wildman–Crippen MR) is 61.8 cm³/mol. The third-order valence-corrected chi connectivity index (χ3v) is 2.08. The van der Waals surface area contributed by atoms with Crippen LogP contribution >= 0.6 is 0 Å². The molecule has 0 aliphatic heterocycles. The molecular weight excluding hydrogens is 204 g/mol. The first-order valence-electron chi connectivity index (χ1n) is 5.13. The van der Waals surface area contributed by atoms with Gasteiger partial charge >= 0.3 is 0 Å². The SMILES string of the molecule is Nc1cncc(NCCCn2cccn2)n1. The summed E-state index contributed by atoms with van der Waals surface area (Å²) in [7, 11) is 0. The maximum Gasteiger partial charge on any atom is 0.146 e. The Balaban J connectivity index is 1.72. The molecule has 84 valence electrons.